The summed E-state index contributed by atoms with van der Waals surface area (Å²) in [5.41, 5.74) is -1.16. The van der Waals surface area contributed by atoms with E-state index in [-0.39, 0.29) is 22.5 Å². The van der Waals surface area contributed by atoms with Gasteiger partial charge in [-0.2, -0.15) is 0 Å². The highest BCUT2D eigenvalue weighted by molar-refractivity contribution is 5.89. The van der Waals surface area contributed by atoms with E-state index in [1.165, 1.54) is 0 Å². The van der Waals surface area contributed by atoms with Gasteiger partial charge >= 0.3 is 0 Å². The molecule has 0 amide bonds. The first kappa shape index (κ1) is 22.9. The van der Waals surface area contributed by atoms with Gasteiger partial charge in [-0.1, -0.05) is 70.9 Å². The van der Waals surface area contributed by atoms with E-state index in [4.69, 9.17) is 0 Å². The summed E-state index contributed by atoms with van der Waals surface area (Å²) in [6.45, 7) is 8.44. The van der Waals surface area contributed by atoms with Crippen molar-refractivity contribution in [3.63, 3.8) is 0 Å². The molecule has 2 aliphatic rings. The van der Waals surface area contributed by atoms with Gasteiger partial charge in [0.15, 0.2) is 5.78 Å². The van der Waals surface area contributed by atoms with Crippen molar-refractivity contribution < 1.29 is 14.8 Å². The minimum absolute atomic E-state index is 0.0245. The van der Waals surface area contributed by atoms with Gasteiger partial charge in [0.1, 0.15) is 5.60 Å². The van der Waals surface area contributed by atoms with E-state index in [1.54, 1.807) is 0 Å². The van der Waals surface area contributed by atoms with E-state index >= 15 is 0 Å². The zero-order chi connectivity index (χ0) is 22.2. The number of carbonyl (C=O) groups is 1. The number of carbonyl (C=O) groups excluding carboxylic acids is 1. The number of nitro groups is 1. The van der Waals surface area contributed by atoms with E-state index in [9.17, 15) is 20.0 Å². The van der Waals surface area contributed by atoms with E-state index < -0.39 is 23.0 Å². The second-order valence-electron chi connectivity index (χ2n) is 10.3. The quantitative estimate of drug-likeness (QED) is 0.309. The molecule has 0 radical (unpaired) electrons. The van der Waals surface area contributed by atoms with Crippen molar-refractivity contribution in [1.29, 1.82) is 0 Å². The molecule has 2 fully saturated rings. The standard InChI is InChI=1S/C25H37NO4/c1-5-6-8-13-21(26(29)30)20(18-11-9-7-10-12-18)16-22(27)25(28)17-19-14-15-24(25,4)23(19,2)3/h7,9-12,19-21,28H,5-6,8,13-17H2,1-4H3/t19-,20+,21+,24-,25+/m1/s1. The molecule has 2 saturated carbocycles. The van der Waals surface area contributed by atoms with Crippen LogP contribution in [0.5, 0.6) is 0 Å². The molecule has 0 spiro atoms. The van der Waals surface area contributed by atoms with Crippen LogP contribution in [0.4, 0.5) is 0 Å². The van der Waals surface area contributed by atoms with Gasteiger partial charge in [0.2, 0.25) is 6.04 Å². The topological polar surface area (TPSA) is 80.4 Å². The molecule has 0 aromatic heterocycles. The largest absolute Gasteiger partial charge is 0.381 e. The van der Waals surface area contributed by atoms with Gasteiger partial charge in [-0.3, -0.25) is 14.9 Å². The molecule has 2 aliphatic carbocycles. The predicted octanol–water partition coefficient (Wildman–Crippen LogP) is 5.53. The lowest BCUT2D eigenvalue weighted by molar-refractivity contribution is -0.528. The first-order valence-electron chi connectivity index (χ1n) is 11.5. The lowest BCUT2D eigenvalue weighted by atomic mass is 9.62. The Hall–Kier alpha value is -1.75. The molecule has 0 heterocycles. The third kappa shape index (κ3) is 3.59. The maximum absolute atomic E-state index is 13.6. The first-order chi connectivity index (χ1) is 14.1. The van der Waals surface area contributed by atoms with Crippen molar-refractivity contribution in [1.82, 2.24) is 0 Å². The number of nitrogens with zero attached hydrogens (tertiary/aromatic N) is 1. The molecule has 5 nitrogen and oxygen atoms in total. The predicted molar refractivity (Wildman–Crippen MR) is 118 cm³/mol. The summed E-state index contributed by atoms with van der Waals surface area (Å²) in [5.74, 6) is -0.403. The van der Waals surface area contributed by atoms with E-state index in [0.717, 1.165) is 37.7 Å². The lowest BCUT2D eigenvalue weighted by Crippen LogP contribution is -2.53. The molecular formula is C25H37NO4. The van der Waals surface area contributed by atoms with Crippen molar-refractivity contribution in [3.05, 3.63) is 46.0 Å². The normalized spacial score (nSPS) is 31.4. The molecule has 30 heavy (non-hydrogen) atoms. The van der Waals surface area contributed by atoms with Gasteiger partial charge in [-0.15, -0.1) is 0 Å². The Morgan fingerprint density at radius 2 is 1.90 bits per heavy atom. The summed E-state index contributed by atoms with van der Waals surface area (Å²) in [5, 5.41) is 23.7. The molecule has 1 aromatic carbocycles. The third-order valence-corrected chi connectivity index (χ3v) is 8.82. The monoisotopic (exact) mass is 415 g/mol. The second-order valence-corrected chi connectivity index (χ2v) is 10.3. The van der Waals surface area contributed by atoms with Crippen LogP contribution < -0.4 is 0 Å². The number of unbranched alkanes of at least 4 members (excludes halogenated alkanes) is 2. The SMILES string of the molecule is CCCCC[C@@H]([C@@H](CC(=O)[C@@]1(O)C[C@H]2CC[C@]1(C)C2(C)C)c1ccccc1)[N+](=O)[O-]. The number of ketones is 1. The molecule has 3 rings (SSSR count). The molecular weight excluding hydrogens is 378 g/mol. The van der Waals surface area contributed by atoms with E-state index in [1.807, 2.05) is 37.3 Å². The number of hydrogen-bond acceptors (Lipinski definition) is 4. The molecule has 0 aliphatic heterocycles. The zero-order valence-electron chi connectivity index (χ0n) is 18.9. The van der Waals surface area contributed by atoms with Crippen molar-refractivity contribution in [2.75, 3.05) is 0 Å². The maximum Gasteiger partial charge on any atom is 0.220 e. The molecule has 5 atom stereocenters. The van der Waals surface area contributed by atoms with E-state index in [2.05, 4.69) is 20.8 Å². The van der Waals surface area contributed by atoms with Gasteiger partial charge in [0.05, 0.1) is 5.92 Å². The van der Waals surface area contributed by atoms with Gasteiger partial charge in [0, 0.05) is 23.2 Å². The van der Waals surface area contributed by atoms with Crippen LogP contribution in [0, 0.1) is 26.9 Å². The van der Waals surface area contributed by atoms with Crippen LogP contribution >= 0.6 is 0 Å². The van der Waals surface area contributed by atoms with Gasteiger partial charge in [0.25, 0.3) is 0 Å². The number of fused-ring (bicyclic) bond motifs is 2. The van der Waals surface area contributed by atoms with E-state index in [0.29, 0.717) is 18.8 Å². The number of hydrogen-bond donors (Lipinski definition) is 1. The minimum atomic E-state index is -1.39. The first-order valence-corrected chi connectivity index (χ1v) is 11.5. The maximum atomic E-state index is 13.6. The smallest absolute Gasteiger partial charge is 0.220 e. The van der Waals surface area contributed by atoms with Crippen LogP contribution in [0.2, 0.25) is 0 Å². The van der Waals surface area contributed by atoms with Crippen molar-refractivity contribution in [2.45, 2.75) is 96.6 Å². The van der Waals surface area contributed by atoms with Gasteiger partial charge < -0.3 is 5.11 Å². The molecule has 1 aromatic rings. The van der Waals surface area contributed by atoms with Crippen molar-refractivity contribution in [3.8, 4) is 0 Å². The highest BCUT2D eigenvalue weighted by Gasteiger charge is 2.70. The number of aliphatic hydroxyl groups is 1. The fourth-order valence-electron chi connectivity index (χ4n) is 6.30. The molecule has 0 saturated heterocycles. The van der Waals surface area contributed by atoms with Crippen LogP contribution in [0.3, 0.4) is 0 Å². The Morgan fingerprint density at radius 3 is 2.40 bits per heavy atom. The average molecular weight is 416 g/mol. The molecule has 2 bridgehead atoms. The molecule has 166 valence electrons. The third-order valence-electron chi connectivity index (χ3n) is 8.82. The summed E-state index contributed by atoms with van der Waals surface area (Å²) in [6.07, 6.45) is 5.54. The number of rotatable bonds is 10. The Kier molecular flexibility index (Phi) is 6.43. The Balaban J connectivity index is 1.90. The zero-order valence-corrected chi connectivity index (χ0v) is 18.9. The van der Waals surface area contributed by atoms with Crippen molar-refractivity contribution in [2.24, 2.45) is 16.7 Å². The number of Topliss-reactive ketones (excluding diaryl/α,β-unsaturated/α-hetero) is 1. The highest BCUT2D eigenvalue weighted by Crippen LogP contribution is 2.70. The fourth-order valence-corrected chi connectivity index (χ4v) is 6.30. The Bertz CT molecular complexity index is 777. The fraction of sp³-hybridized carbons (Fsp3) is 0.720. The summed E-state index contributed by atoms with van der Waals surface area (Å²) in [4.78, 5) is 25.4. The van der Waals surface area contributed by atoms with Crippen LogP contribution in [0.15, 0.2) is 30.3 Å². The minimum Gasteiger partial charge on any atom is -0.381 e. The lowest BCUT2D eigenvalue weighted by Gasteiger charge is -2.44. The van der Waals surface area contributed by atoms with Crippen LogP contribution in [-0.2, 0) is 4.79 Å². The van der Waals surface area contributed by atoms with Crippen molar-refractivity contribution >= 4 is 5.78 Å². The van der Waals surface area contributed by atoms with Crippen LogP contribution in [-0.4, -0.2) is 27.5 Å². The highest BCUT2D eigenvalue weighted by atomic mass is 16.6. The van der Waals surface area contributed by atoms with Gasteiger partial charge in [-0.05, 0) is 42.6 Å². The molecule has 0 unspecified atom stereocenters. The molecule has 1 N–H and O–H groups in total. The number of benzene rings is 1. The average Bonchev–Trinajstić information content (AvgIpc) is 3.02. The molecule has 5 heteroatoms. The summed E-state index contributed by atoms with van der Waals surface area (Å²) in [6, 6.07) is 8.56. The van der Waals surface area contributed by atoms with Gasteiger partial charge in [-0.25, -0.2) is 0 Å². The summed E-state index contributed by atoms with van der Waals surface area (Å²) >= 11 is 0. The van der Waals surface area contributed by atoms with Crippen LogP contribution in [0.1, 0.15) is 90.5 Å². The Labute approximate surface area is 180 Å². The summed E-state index contributed by atoms with van der Waals surface area (Å²) in [7, 11) is 0. The van der Waals surface area contributed by atoms with Crippen LogP contribution in [0.25, 0.3) is 0 Å². The summed E-state index contributed by atoms with van der Waals surface area (Å²) < 4.78 is 0. The Morgan fingerprint density at radius 1 is 1.23 bits per heavy atom. The second kappa shape index (κ2) is 8.41.